The Kier molecular flexibility index (Phi) is 4.54. The minimum Gasteiger partial charge on any atom is -0.457 e. The van der Waals surface area contributed by atoms with Gasteiger partial charge in [-0.25, -0.2) is 14.4 Å². The summed E-state index contributed by atoms with van der Waals surface area (Å²) in [4.78, 5) is 7.77. The quantitative estimate of drug-likeness (QED) is 0.698. The summed E-state index contributed by atoms with van der Waals surface area (Å²) < 4.78 is 18.5. The number of anilines is 2. The van der Waals surface area contributed by atoms with Gasteiger partial charge < -0.3 is 10.1 Å². The maximum absolute atomic E-state index is 12.9. The zero-order valence-corrected chi connectivity index (χ0v) is 13.0. The maximum Gasteiger partial charge on any atom is 0.153 e. The summed E-state index contributed by atoms with van der Waals surface area (Å²) in [7, 11) is 0. The van der Waals surface area contributed by atoms with Gasteiger partial charge in [0.25, 0.3) is 0 Å². The Bertz CT molecular complexity index is 892. The van der Waals surface area contributed by atoms with E-state index >= 15 is 0 Å². The number of halogens is 2. The van der Waals surface area contributed by atoms with Crippen LogP contribution in [0.4, 0.5) is 15.9 Å². The maximum atomic E-state index is 12.9. The lowest BCUT2D eigenvalue weighted by Gasteiger charge is -2.09. The first-order valence-corrected chi connectivity index (χ1v) is 7.24. The smallest absolute Gasteiger partial charge is 0.153 e. The predicted molar refractivity (Wildman–Crippen MR) is 88.0 cm³/mol. The third-order valence-corrected chi connectivity index (χ3v) is 3.37. The third-order valence-electron chi connectivity index (χ3n) is 3.08. The molecule has 0 unspecified atom stereocenters. The van der Waals surface area contributed by atoms with Crippen molar-refractivity contribution in [3.05, 3.63) is 71.4 Å². The Labute approximate surface area is 142 Å². The zero-order chi connectivity index (χ0) is 16.9. The summed E-state index contributed by atoms with van der Waals surface area (Å²) in [6.07, 6.45) is 1.28. The van der Waals surface area contributed by atoms with Crippen molar-refractivity contribution in [2.45, 2.75) is 0 Å². The molecule has 3 aromatic rings. The van der Waals surface area contributed by atoms with E-state index in [1.54, 1.807) is 36.4 Å². The number of nitriles is 1. The van der Waals surface area contributed by atoms with Crippen molar-refractivity contribution in [1.82, 2.24) is 9.97 Å². The first-order chi connectivity index (χ1) is 11.7. The highest BCUT2D eigenvalue weighted by Crippen LogP contribution is 2.26. The molecular formula is C17H10ClFN4O. The number of ether oxygens (including phenoxy) is 1. The molecule has 2 aromatic carbocycles. The van der Waals surface area contributed by atoms with Crippen LogP contribution in [0, 0.1) is 17.1 Å². The normalized spacial score (nSPS) is 10.0. The van der Waals surface area contributed by atoms with Gasteiger partial charge in [0.15, 0.2) is 11.0 Å². The highest BCUT2D eigenvalue weighted by molar-refractivity contribution is 6.30. The van der Waals surface area contributed by atoms with Gasteiger partial charge in [-0.3, -0.25) is 0 Å². The van der Waals surface area contributed by atoms with E-state index in [0.29, 0.717) is 23.0 Å². The lowest BCUT2D eigenvalue weighted by Crippen LogP contribution is -1.98. The van der Waals surface area contributed by atoms with E-state index in [-0.39, 0.29) is 16.5 Å². The molecule has 3 rings (SSSR count). The summed E-state index contributed by atoms with van der Waals surface area (Å²) in [6, 6.07) is 14.7. The molecule has 0 aliphatic heterocycles. The summed E-state index contributed by atoms with van der Waals surface area (Å²) in [5, 5.41) is 12.2. The van der Waals surface area contributed by atoms with Gasteiger partial charge in [-0.1, -0.05) is 11.6 Å². The van der Waals surface area contributed by atoms with Crippen molar-refractivity contribution >= 4 is 23.1 Å². The number of aromatic nitrogens is 2. The van der Waals surface area contributed by atoms with Crippen LogP contribution >= 0.6 is 11.6 Å². The van der Waals surface area contributed by atoms with E-state index in [1.165, 1.54) is 18.5 Å². The van der Waals surface area contributed by atoms with E-state index in [2.05, 4.69) is 15.3 Å². The number of hydrogen-bond acceptors (Lipinski definition) is 5. The van der Waals surface area contributed by atoms with Crippen LogP contribution in [0.2, 0.25) is 5.15 Å². The van der Waals surface area contributed by atoms with Crippen molar-refractivity contribution in [1.29, 1.82) is 5.26 Å². The number of nitrogens with one attached hydrogen (secondary N) is 1. The molecule has 24 heavy (non-hydrogen) atoms. The number of rotatable bonds is 4. The Balaban J connectivity index is 1.74. The van der Waals surface area contributed by atoms with Gasteiger partial charge in [-0.05, 0) is 48.5 Å². The van der Waals surface area contributed by atoms with Crippen LogP contribution in [0.1, 0.15) is 5.56 Å². The van der Waals surface area contributed by atoms with Crippen LogP contribution in [-0.4, -0.2) is 9.97 Å². The van der Waals surface area contributed by atoms with Gasteiger partial charge in [-0.2, -0.15) is 5.26 Å². The van der Waals surface area contributed by atoms with Crippen LogP contribution in [0.15, 0.2) is 54.9 Å². The molecule has 0 radical (unpaired) electrons. The average molecular weight is 341 g/mol. The van der Waals surface area contributed by atoms with Crippen molar-refractivity contribution in [2.75, 3.05) is 5.32 Å². The molecule has 0 saturated heterocycles. The van der Waals surface area contributed by atoms with Crippen molar-refractivity contribution < 1.29 is 9.13 Å². The molecule has 1 heterocycles. The molecule has 0 atom stereocenters. The largest absolute Gasteiger partial charge is 0.457 e. The summed E-state index contributed by atoms with van der Waals surface area (Å²) in [5.41, 5.74) is 0.874. The van der Waals surface area contributed by atoms with Gasteiger partial charge in [0.2, 0.25) is 0 Å². The van der Waals surface area contributed by atoms with Crippen LogP contribution in [0.25, 0.3) is 0 Å². The molecular weight excluding hydrogens is 331 g/mol. The second kappa shape index (κ2) is 6.94. The number of benzene rings is 2. The molecule has 0 bridgehead atoms. The second-order valence-corrected chi connectivity index (χ2v) is 5.06. The first kappa shape index (κ1) is 15.7. The van der Waals surface area contributed by atoms with Gasteiger partial charge in [0, 0.05) is 5.69 Å². The first-order valence-electron chi connectivity index (χ1n) is 6.87. The molecule has 7 heteroatoms. The Morgan fingerprint density at radius 1 is 1.00 bits per heavy atom. The number of hydrogen-bond donors (Lipinski definition) is 1. The van der Waals surface area contributed by atoms with Gasteiger partial charge in [0.1, 0.15) is 35.3 Å². The van der Waals surface area contributed by atoms with Gasteiger partial charge in [0.05, 0.1) is 0 Å². The average Bonchev–Trinajstić information content (AvgIpc) is 2.59. The highest BCUT2D eigenvalue weighted by Gasteiger charge is 2.09. The fraction of sp³-hybridized carbons (Fsp3) is 0. The molecule has 0 aliphatic carbocycles. The van der Waals surface area contributed by atoms with E-state index in [1.807, 2.05) is 6.07 Å². The van der Waals surface area contributed by atoms with Gasteiger partial charge in [-0.15, -0.1) is 0 Å². The van der Waals surface area contributed by atoms with Crippen LogP contribution in [-0.2, 0) is 0 Å². The summed E-state index contributed by atoms with van der Waals surface area (Å²) in [6.45, 7) is 0. The van der Waals surface area contributed by atoms with E-state index < -0.39 is 0 Å². The van der Waals surface area contributed by atoms with Gasteiger partial charge >= 0.3 is 0 Å². The van der Waals surface area contributed by atoms with Crippen molar-refractivity contribution in [3.8, 4) is 17.6 Å². The zero-order valence-electron chi connectivity index (χ0n) is 12.2. The Morgan fingerprint density at radius 2 is 1.62 bits per heavy atom. The molecule has 0 amide bonds. The number of nitrogens with zero attached hydrogens (tertiary/aromatic N) is 3. The molecule has 1 N–H and O–H groups in total. The van der Waals surface area contributed by atoms with Crippen LogP contribution in [0.3, 0.4) is 0 Å². The highest BCUT2D eigenvalue weighted by atomic mass is 35.5. The molecule has 0 spiro atoms. The second-order valence-electron chi connectivity index (χ2n) is 4.71. The molecule has 0 fully saturated rings. The van der Waals surface area contributed by atoms with Crippen LogP contribution in [0.5, 0.6) is 11.5 Å². The molecule has 1 aromatic heterocycles. The van der Waals surface area contributed by atoms with Crippen LogP contribution < -0.4 is 10.1 Å². The molecule has 0 saturated carbocycles. The van der Waals surface area contributed by atoms with E-state index in [0.717, 1.165) is 0 Å². The molecule has 118 valence electrons. The van der Waals surface area contributed by atoms with Crippen molar-refractivity contribution in [3.63, 3.8) is 0 Å². The summed E-state index contributed by atoms with van der Waals surface area (Å²) >= 11 is 5.86. The fourth-order valence-electron chi connectivity index (χ4n) is 1.94. The third kappa shape index (κ3) is 3.59. The SMILES string of the molecule is N#Cc1c(Cl)ncnc1Nc1ccc(Oc2ccc(F)cc2)cc1. The Morgan fingerprint density at radius 3 is 2.25 bits per heavy atom. The lowest BCUT2D eigenvalue weighted by atomic mass is 10.2. The Hall–Kier alpha value is -3.17. The van der Waals surface area contributed by atoms with E-state index in [9.17, 15) is 4.39 Å². The molecule has 0 aliphatic rings. The van der Waals surface area contributed by atoms with Crippen molar-refractivity contribution in [2.24, 2.45) is 0 Å². The monoisotopic (exact) mass is 340 g/mol. The standard InChI is InChI=1S/C17H10ClFN4O/c18-16-15(9-20)17(22-10-21-16)23-12-3-7-14(8-4-12)24-13-5-1-11(19)2-6-13/h1-8,10H,(H,21,22,23). The summed E-state index contributed by atoms with van der Waals surface area (Å²) in [5.74, 6) is 1.13. The van der Waals surface area contributed by atoms with E-state index in [4.69, 9.17) is 21.6 Å². The predicted octanol–water partition coefficient (Wildman–Crippen LogP) is 4.68. The lowest BCUT2D eigenvalue weighted by molar-refractivity contribution is 0.480. The molecule has 5 nitrogen and oxygen atoms in total. The minimum absolute atomic E-state index is 0.0891. The fourth-order valence-corrected chi connectivity index (χ4v) is 2.12. The minimum atomic E-state index is -0.321. The topological polar surface area (TPSA) is 70.8 Å².